The monoisotopic (exact) mass is 303 g/mol. The maximum absolute atomic E-state index is 12.0. The summed E-state index contributed by atoms with van der Waals surface area (Å²) in [5.74, 6) is 0.736. The molecule has 0 atom stereocenters. The van der Waals surface area contributed by atoms with Gasteiger partial charge in [-0.05, 0) is 35.9 Å². The first kappa shape index (κ1) is 13.5. The molecule has 0 saturated carbocycles. The minimum atomic E-state index is -0.441. The van der Waals surface area contributed by atoms with Crippen LogP contribution in [-0.2, 0) is 9.53 Å². The number of benzene rings is 2. The van der Waals surface area contributed by atoms with Crippen LogP contribution in [0.2, 0.25) is 0 Å². The summed E-state index contributed by atoms with van der Waals surface area (Å²) < 4.78 is 10.9. The van der Waals surface area contributed by atoms with Crippen LogP contribution >= 0.6 is 0 Å². The van der Waals surface area contributed by atoms with Gasteiger partial charge < -0.3 is 9.47 Å². The molecule has 112 valence electrons. The molecule has 0 N–H and O–H groups in total. The average molecular weight is 303 g/mol. The van der Waals surface area contributed by atoms with E-state index in [1.807, 2.05) is 60.7 Å². The Morgan fingerprint density at radius 3 is 2.65 bits per heavy atom. The van der Waals surface area contributed by atoms with Crippen molar-refractivity contribution in [1.29, 1.82) is 0 Å². The number of cyclic esters (lactones) is 1. The van der Waals surface area contributed by atoms with Gasteiger partial charge in [-0.15, -0.1) is 0 Å². The Kier molecular flexibility index (Phi) is 3.27. The van der Waals surface area contributed by atoms with Crippen LogP contribution < -0.4 is 4.74 Å². The van der Waals surface area contributed by atoms with E-state index in [9.17, 15) is 4.79 Å². The predicted molar refractivity (Wildman–Crippen MR) is 87.1 cm³/mol. The van der Waals surface area contributed by atoms with Gasteiger partial charge in [-0.1, -0.05) is 36.4 Å². The van der Waals surface area contributed by atoms with E-state index >= 15 is 0 Å². The van der Waals surface area contributed by atoms with Crippen molar-refractivity contribution in [3.63, 3.8) is 0 Å². The van der Waals surface area contributed by atoms with Crippen molar-refractivity contribution in [2.24, 2.45) is 4.99 Å². The number of ether oxygens (including phenoxy) is 2. The van der Waals surface area contributed by atoms with Crippen molar-refractivity contribution in [1.82, 2.24) is 0 Å². The second kappa shape index (κ2) is 5.57. The highest BCUT2D eigenvalue weighted by atomic mass is 16.6. The Bertz CT molecular complexity index is 863. The minimum Gasteiger partial charge on any atom is -0.488 e. The van der Waals surface area contributed by atoms with Gasteiger partial charge in [0, 0.05) is 11.1 Å². The van der Waals surface area contributed by atoms with Crippen molar-refractivity contribution in [3.05, 3.63) is 83.1 Å². The number of carbonyl (C=O) groups excluding carboxylic acids is 1. The third-order valence-corrected chi connectivity index (χ3v) is 3.62. The summed E-state index contributed by atoms with van der Waals surface area (Å²) in [6.07, 6.45) is 3.71. The molecule has 0 bridgehead atoms. The normalized spacial score (nSPS) is 17.9. The molecule has 23 heavy (non-hydrogen) atoms. The summed E-state index contributed by atoms with van der Waals surface area (Å²) in [6.45, 7) is 0.407. The van der Waals surface area contributed by atoms with Crippen LogP contribution in [0, 0.1) is 0 Å². The standard InChI is InChI=1S/C19H13NO3/c21-19-16(20-18(23-19)14-6-2-1-3-7-14)11-13-10-15-8-4-5-9-17(15)22-12-13/h1-11H,12H2/b16-11-. The first-order valence-electron chi connectivity index (χ1n) is 7.30. The lowest BCUT2D eigenvalue weighted by Crippen LogP contribution is -2.07. The van der Waals surface area contributed by atoms with E-state index < -0.39 is 5.97 Å². The molecule has 0 amide bonds. The van der Waals surface area contributed by atoms with Crippen LogP contribution in [0.3, 0.4) is 0 Å². The fraction of sp³-hybridized carbons (Fsp3) is 0.0526. The molecule has 2 aromatic rings. The molecule has 0 saturated heterocycles. The molecule has 0 unspecified atom stereocenters. The summed E-state index contributed by atoms with van der Waals surface area (Å²) in [4.78, 5) is 16.3. The van der Waals surface area contributed by atoms with Crippen LogP contribution in [0.1, 0.15) is 11.1 Å². The molecule has 0 aromatic heterocycles. The zero-order chi connectivity index (χ0) is 15.6. The van der Waals surface area contributed by atoms with E-state index in [0.717, 1.165) is 22.4 Å². The molecule has 2 aliphatic rings. The van der Waals surface area contributed by atoms with E-state index in [4.69, 9.17) is 9.47 Å². The van der Waals surface area contributed by atoms with Crippen molar-refractivity contribution < 1.29 is 14.3 Å². The lowest BCUT2D eigenvalue weighted by Gasteiger charge is -2.15. The Balaban J connectivity index is 1.66. The average Bonchev–Trinajstić information content (AvgIpc) is 2.96. The number of hydrogen-bond acceptors (Lipinski definition) is 4. The highest BCUT2D eigenvalue weighted by Gasteiger charge is 2.24. The summed E-state index contributed by atoms with van der Waals surface area (Å²) in [7, 11) is 0. The van der Waals surface area contributed by atoms with E-state index in [0.29, 0.717) is 12.5 Å². The van der Waals surface area contributed by atoms with Gasteiger partial charge in [0.15, 0.2) is 5.70 Å². The highest BCUT2D eigenvalue weighted by Crippen LogP contribution is 2.27. The molecule has 4 rings (SSSR count). The van der Waals surface area contributed by atoms with Crippen molar-refractivity contribution in [2.75, 3.05) is 6.61 Å². The maximum atomic E-state index is 12.0. The number of carbonyl (C=O) groups is 1. The number of hydrogen-bond donors (Lipinski definition) is 0. The fourth-order valence-corrected chi connectivity index (χ4v) is 2.51. The van der Waals surface area contributed by atoms with Gasteiger partial charge in [-0.25, -0.2) is 9.79 Å². The summed E-state index contributed by atoms with van der Waals surface area (Å²) >= 11 is 0. The van der Waals surface area contributed by atoms with Gasteiger partial charge >= 0.3 is 5.97 Å². The first-order chi connectivity index (χ1) is 11.3. The molecule has 0 fully saturated rings. The second-order valence-corrected chi connectivity index (χ2v) is 5.25. The lowest BCUT2D eigenvalue weighted by molar-refractivity contribution is -0.130. The van der Waals surface area contributed by atoms with Gasteiger partial charge in [0.1, 0.15) is 12.4 Å². The summed E-state index contributed by atoms with van der Waals surface area (Å²) in [5.41, 5.74) is 2.94. The molecule has 0 radical (unpaired) electrons. The maximum Gasteiger partial charge on any atom is 0.363 e. The second-order valence-electron chi connectivity index (χ2n) is 5.25. The Labute approximate surface area is 133 Å². The number of esters is 1. The van der Waals surface area contributed by atoms with Crippen LogP contribution in [0.15, 0.2) is 76.9 Å². The fourth-order valence-electron chi connectivity index (χ4n) is 2.51. The molecular weight excluding hydrogens is 290 g/mol. The topological polar surface area (TPSA) is 47.9 Å². The quantitative estimate of drug-likeness (QED) is 0.631. The third-order valence-electron chi connectivity index (χ3n) is 3.62. The molecule has 0 spiro atoms. The highest BCUT2D eigenvalue weighted by molar-refractivity contribution is 6.11. The van der Waals surface area contributed by atoms with Gasteiger partial charge in [0.2, 0.25) is 5.90 Å². The first-order valence-corrected chi connectivity index (χ1v) is 7.30. The van der Waals surface area contributed by atoms with E-state index in [2.05, 4.69) is 4.99 Å². The summed E-state index contributed by atoms with van der Waals surface area (Å²) in [6, 6.07) is 17.1. The Hall–Kier alpha value is -3.14. The minimum absolute atomic E-state index is 0.290. The van der Waals surface area contributed by atoms with Gasteiger partial charge in [-0.2, -0.15) is 0 Å². The third kappa shape index (κ3) is 2.66. The zero-order valence-electron chi connectivity index (χ0n) is 12.2. The number of para-hydroxylation sites is 1. The SMILES string of the molecule is O=C1OC(c2ccccc2)=N/C1=C\C1=Cc2ccccc2OC1. The molecule has 4 heteroatoms. The summed E-state index contributed by atoms with van der Waals surface area (Å²) in [5, 5.41) is 0. The van der Waals surface area contributed by atoms with Crippen LogP contribution in [-0.4, -0.2) is 18.5 Å². The molecule has 0 aliphatic carbocycles. The molecular formula is C19H13NO3. The number of aliphatic imine (C=N–C) groups is 1. The van der Waals surface area contributed by atoms with Gasteiger partial charge in [0.05, 0.1) is 0 Å². The smallest absolute Gasteiger partial charge is 0.363 e. The number of fused-ring (bicyclic) bond motifs is 1. The van der Waals surface area contributed by atoms with E-state index in [1.54, 1.807) is 6.08 Å². The molecule has 4 nitrogen and oxygen atoms in total. The molecule has 2 heterocycles. The van der Waals surface area contributed by atoms with E-state index in [-0.39, 0.29) is 5.70 Å². The van der Waals surface area contributed by atoms with Gasteiger partial charge in [-0.3, -0.25) is 0 Å². The van der Waals surface area contributed by atoms with Crippen LogP contribution in [0.25, 0.3) is 6.08 Å². The number of rotatable bonds is 2. The van der Waals surface area contributed by atoms with Crippen LogP contribution in [0.4, 0.5) is 0 Å². The Morgan fingerprint density at radius 2 is 1.78 bits per heavy atom. The molecule has 2 aliphatic heterocycles. The van der Waals surface area contributed by atoms with Crippen molar-refractivity contribution in [2.45, 2.75) is 0 Å². The van der Waals surface area contributed by atoms with Gasteiger partial charge in [0.25, 0.3) is 0 Å². The zero-order valence-corrected chi connectivity index (χ0v) is 12.2. The lowest BCUT2D eigenvalue weighted by atomic mass is 10.1. The van der Waals surface area contributed by atoms with E-state index in [1.165, 1.54) is 0 Å². The van der Waals surface area contributed by atoms with Crippen molar-refractivity contribution in [3.8, 4) is 5.75 Å². The predicted octanol–water partition coefficient (Wildman–Crippen LogP) is 3.35. The Morgan fingerprint density at radius 1 is 1.00 bits per heavy atom. The van der Waals surface area contributed by atoms with Crippen molar-refractivity contribution >= 4 is 17.9 Å². The molecule has 2 aromatic carbocycles. The largest absolute Gasteiger partial charge is 0.488 e. The van der Waals surface area contributed by atoms with Crippen LogP contribution in [0.5, 0.6) is 5.75 Å². The number of nitrogens with zero attached hydrogens (tertiary/aromatic N) is 1.